The molecule has 1 atom stereocenters. The Labute approximate surface area is 150 Å². The first-order chi connectivity index (χ1) is 12.3. The van der Waals surface area contributed by atoms with Crippen LogP contribution in [0.2, 0.25) is 0 Å². The summed E-state index contributed by atoms with van der Waals surface area (Å²) in [5, 5.41) is 9.63. The summed E-state index contributed by atoms with van der Waals surface area (Å²) in [6.07, 6.45) is 7.50. The van der Waals surface area contributed by atoms with Gasteiger partial charge in [0.05, 0.1) is 6.54 Å². The Morgan fingerprint density at radius 1 is 1.32 bits per heavy atom. The molecule has 130 valence electrons. The van der Waals surface area contributed by atoms with E-state index < -0.39 is 0 Å². The first-order valence-electron chi connectivity index (χ1n) is 8.37. The normalized spacial score (nSPS) is 18.5. The molecule has 1 aliphatic rings. The van der Waals surface area contributed by atoms with Crippen LogP contribution >= 0.6 is 11.8 Å². The highest BCUT2D eigenvalue weighted by Crippen LogP contribution is 2.29. The zero-order chi connectivity index (χ0) is 17.1. The fourth-order valence-corrected chi connectivity index (χ4v) is 3.90. The Bertz CT molecular complexity index is 817. The van der Waals surface area contributed by atoms with Gasteiger partial charge < -0.3 is 8.98 Å². The van der Waals surface area contributed by atoms with Gasteiger partial charge in [0, 0.05) is 31.4 Å². The molecule has 0 saturated carbocycles. The van der Waals surface area contributed by atoms with Crippen LogP contribution in [0.1, 0.15) is 30.2 Å². The molecule has 0 bridgehead atoms. The summed E-state index contributed by atoms with van der Waals surface area (Å²) in [7, 11) is 1.92. The topological polar surface area (TPSA) is 72.9 Å². The molecule has 1 aliphatic heterocycles. The molecule has 0 aromatic carbocycles. The average Bonchev–Trinajstić information content (AvgIpc) is 3.26. The van der Waals surface area contributed by atoms with Crippen LogP contribution in [0.15, 0.2) is 51.7 Å². The lowest BCUT2D eigenvalue weighted by atomic mass is 9.94. The molecule has 3 aromatic heterocycles. The van der Waals surface area contributed by atoms with Crippen molar-refractivity contribution in [2.24, 2.45) is 7.05 Å². The number of piperidine rings is 1. The summed E-state index contributed by atoms with van der Waals surface area (Å²) in [5.41, 5.74) is 1.14. The Kier molecular flexibility index (Phi) is 4.80. The molecule has 0 radical (unpaired) electrons. The first kappa shape index (κ1) is 16.3. The van der Waals surface area contributed by atoms with E-state index in [9.17, 15) is 0 Å². The third kappa shape index (κ3) is 3.91. The summed E-state index contributed by atoms with van der Waals surface area (Å²) in [4.78, 5) is 10.9. The van der Waals surface area contributed by atoms with Gasteiger partial charge in [-0.05, 0) is 49.3 Å². The van der Waals surface area contributed by atoms with Gasteiger partial charge in [0.1, 0.15) is 18.4 Å². The molecular weight excluding hydrogens is 336 g/mol. The first-order valence-corrected chi connectivity index (χ1v) is 9.18. The summed E-state index contributed by atoms with van der Waals surface area (Å²) in [5.74, 6) is 1.45. The van der Waals surface area contributed by atoms with E-state index in [0.29, 0.717) is 5.92 Å². The van der Waals surface area contributed by atoms with E-state index in [4.69, 9.17) is 4.42 Å². The molecular formula is C17H20N6OS. The van der Waals surface area contributed by atoms with Gasteiger partial charge in [0.15, 0.2) is 10.2 Å². The predicted octanol–water partition coefficient (Wildman–Crippen LogP) is 2.73. The average molecular weight is 356 g/mol. The number of aromatic nitrogens is 5. The molecule has 4 heterocycles. The number of hydrogen-bond donors (Lipinski definition) is 0. The van der Waals surface area contributed by atoms with Crippen LogP contribution in [0.3, 0.4) is 0 Å². The Hall–Kier alpha value is -2.19. The molecule has 3 aromatic rings. The van der Waals surface area contributed by atoms with Crippen molar-refractivity contribution in [3.63, 3.8) is 0 Å². The SMILES string of the molecule is Cn1cnnc1Sc1ccc(CN2CCC[C@H](c3ccncn3)C2)o1. The minimum Gasteiger partial charge on any atom is -0.453 e. The zero-order valence-corrected chi connectivity index (χ0v) is 14.9. The summed E-state index contributed by atoms with van der Waals surface area (Å²) >= 11 is 1.49. The molecule has 0 aliphatic carbocycles. The molecule has 0 unspecified atom stereocenters. The van der Waals surface area contributed by atoms with Gasteiger partial charge in [0.2, 0.25) is 0 Å². The predicted molar refractivity (Wildman–Crippen MR) is 93.1 cm³/mol. The van der Waals surface area contributed by atoms with Gasteiger partial charge in [-0.2, -0.15) is 0 Å². The quantitative estimate of drug-likeness (QED) is 0.696. The smallest absolute Gasteiger partial charge is 0.198 e. The number of nitrogens with zero attached hydrogens (tertiary/aromatic N) is 6. The van der Waals surface area contributed by atoms with Crippen LogP contribution in [0.25, 0.3) is 0 Å². The van der Waals surface area contributed by atoms with Crippen molar-refractivity contribution in [3.8, 4) is 0 Å². The van der Waals surface area contributed by atoms with Gasteiger partial charge in [0.25, 0.3) is 0 Å². The molecule has 0 N–H and O–H groups in total. The van der Waals surface area contributed by atoms with Crippen molar-refractivity contribution in [1.82, 2.24) is 29.6 Å². The minimum absolute atomic E-state index is 0.471. The van der Waals surface area contributed by atoms with Crippen molar-refractivity contribution in [2.45, 2.75) is 35.6 Å². The number of likely N-dealkylation sites (tertiary alicyclic amines) is 1. The van der Waals surface area contributed by atoms with Crippen LogP contribution in [-0.2, 0) is 13.6 Å². The third-order valence-electron chi connectivity index (χ3n) is 4.41. The summed E-state index contributed by atoms with van der Waals surface area (Å²) in [6, 6.07) is 6.07. The van der Waals surface area contributed by atoms with Crippen molar-refractivity contribution in [1.29, 1.82) is 0 Å². The van der Waals surface area contributed by atoms with E-state index in [1.54, 1.807) is 12.7 Å². The third-order valence-corrected chi connectivity index (χ3v) is 5.38. The number of rotatable bonds is 5. The van der Waals surface area contributed by atoms with Gasteiger partial charge in [-0.1, -0.05) is 0 Å². The lowest BCUT2D eigenvalue weighted by Crippen LogP contribution is -2.34. The highest BCUT2D eigenvalue weighted by molar-refractivity contribution is 7.99. The number of hydrogen-bond acceptors (Lipinski definition) is 7. The highest BCUT2D eigenvalue weighted by Gasteiger charge is 2.23. The Morgan fingerprint density at radius 3 is 3.08 bits per heavy atom. The van der Waals surface area contributed by atoms with E-state index in [-0.39, 0.29) is 0 Å². The second-order valence-corrected chi connectivity index (χ2v) is 7.23. The van der Waals surface area contributed by atoms with Crippen LogP contribution in [0.5, 0.6) is 0 Å². The van der Waals surface area contributed by atoms with E-state index in [0.717, 1.165) is 41.3 Å². The molecule has 25 heavy (non-hydrogen) atoms. The number of furan rings is 1. The van der Waals surface area contributed by atoms with Gasteiger partial charge in [-0.3, -0.25) is 4.90 Å². The van der Waals surface area contributed by atoms with Crippen molar-refractivity contribution in [2.75, 3.05) is 13.1 Å². The second kappa shape index (κ2) is 7.37. The van der Waals surface area contributed by atoms with Crippen LogP contribution in [0, 0.1) is 0 Å². The zero-order valence-electron chi connectivity index (χ0n) is 14.1. The summed E-state index contributed by atoms with van der Waals surface area (Å²) < 4.78 is 7.85. The summed E-state index contributed by atoms with van der Waals surface area (Å²) in [6.45, 7) is 2.92. The maximum atomic E-state index is 5.97. The van der Waals surface area contributed by atoms with E-state index in [1.165, 1.54) is 24.6 Å². The van der Waals surface area contributed by atoms with Crippen molar-refractivity contribution >= 4 is 11.8 Å². The van der Waals surface area contributed by atoms with E-state index in [2.05, 4.69) is 25.1 Å². The number of aryl methyl sites for hydroxylation is 1. The Morgan fingerprint density at radius 2 is 2.28 bits per heavy atom. The fraction of sp³-hybridized carbons (Fsp3) is 0.412. The molecule has 1 saturated heterocycles. The van der Waals surface area contributed by atoms with Gasteiger partial charge >= 0.3 is 0 Å². The molecule has 0 amide bonds. The minimum atomic E-state index is 0.471. The van der Waals surface area contributed by atoms with Gasteiger partial charge in [-0.25, -0.2) is 9.97 Å². The standard InChI is InChI=1S/C17H20N6OS/c1-22-12-20-21-17(22)25-16-5-4-14(24-16)10-23-8-2-3-13(9-23)15-6-7-18-11-19-15/h4-7,11-13H,2-3,8-10H2,1H3/t13-/m0/s1. The van der Waals surface area contributed by atoms with Crippen molar-refractivity contribution in [3.05, 3.63) is 48.5 Å². The van der Waals surface area contributed by atoms with E-state index >= 15 is 0 Å². The lowest BCUT2D eigenvalue weighted by molar-refractivity contribution is 0.182. The fourth-order valence-electron chi connectivity index (χ4n) is 3.16. The molecule has 4 rings (SSSR count). The monoisotopic (exact) mass is 356 g/mol. The van der Waals surface area contributed by atoms with Crippen molar-refractivity contribution < 1.29 is 4.42 Å². The second-order valence-electron chi connectivity index (χ2n) is 6.26. The molecule has 0 spiro atoms. The Balaban J connectivity index is 1.38. The largest absolute Gasteiger partial charge is 0.453 e. The maximum absolute atomic E-state index is 5.97. The van der Waals surface area contributed by atoms with Crippen LogP contribution in [-0.4, -0.2) is 42.7 Å². The maximum Gasteiger partial charge on any atom is 0.198 e. The van der Waals surface area contributed by atoms with Crippen LogP contribution in [0.4, 0.5) is 0 Å². The lowest BCUT2D eigenvalue weighted by Gasteiger charge is -2.31. The molecule has 1 fully saturated rings. The highest BCUT2D eigenvalue weighted by atomic mass is 32.2. The van der Waals surface area contributed by atoms with Crippen LogP contribution < -0.4 is 0 Å². The molecule has 8 heteroatoms. The van der Waals surface area contributed by atoms with Gasteiger partial charge in [-0.15, -0.1) is 10.2 Å². The molecule has 7 nitrogen and oxygen atoms in total. The van der Waals surface area contributed by atoms with E-state index in [1.807, 2.05) is 36.0 Å².